The third-order valence-electron chi connectivity index (χ3n) is 5.17. The standard InChI is InChI=1S/C22H23F2N3O4/c1-12-9-13(2)18(14(3)10-12)25-17(28)11-27-19(29)22(4,26-21(27)30)15-5-7-16(8-6-15)31-20(23)24/h5-10,20H,11H2,1-4H3,(H,25,28)(H,26,30). The van der Waals surface area contributed by atoms with Crippen molar-refractivity contribution in [2.75, 3.05) is 11.9 Å². The molecule has 9 heteroatoms. The summed E-state index contributed by atoms with van der Waals surface area (Å²) in [6.45, 7) is 3.74. The van der Waals surface area contributed by atoms with Crippen LogP contribution in [0.25, 0.3) is 0 Å². The van der Waals surface area contributed by atoms with E-state index in [4.69, 9.17) is 0 Å². The van der Waals surface area contributed by atoms with Gasteiger partial charge >= 0.3 is 12.6 Å². The van der Waals surface area contributed by atoms with Gasteiger partial charge in [-0.2, -0.15) is 8.78 Å². The van der Waals surface area contributed by atoms with Gasteiger partial charge in [0.1, 0.15) is 17.8 Å². The SMILES string of the molecule is Cc1cc(C)c(NC(=O)CN2C(=O)NC(C)(c3ccc(OC(F)F)cc3)C2=O)c(C)c1. The van der Waals surface area contributed by atoms with Gasteiger partial charge in [0, 0.05) is 5.69 Å². The molecule has 0 radical (unpaired) electrons. The van der Waals surface area contributed by atoms with Crippen molar-refractivity contribution in [3.05, 3.63) is 58.7 Å². The van der Waals surface area contributed by atoms with Gasteiger partial charge in [0.2, 0.25) is 5.91 Å². The van der Waals surface area contributed by atoms with Crippen LogP contribution in [0.2, 0.25) is 0 Å². The normalized spacial score (nSPS) is 18.4. The molecule has 3 rings (SSSR count). The summed E-state index contributed by atoms with van der Waals surface area (Å²) >= 11 is 0. The largest absolute Gasteiger partial charge is 0.435 e. The van der Waals surface area contributed by atoms with Crippen molar-refractivity contribution in [2.24, 2.45) is 0 Å². The minimum absolute atomic E-state index is 0.0702. The van der Waals surface area contributed by atoms with E-state index < -0.39 is 36.5 Å². The Morgan fingerprint density at radius 2 is 1.71 bits per heavy atom. The fraction of sp³-hybridized carbons (Fsp3) is 0.318. The Kier molecular flexibility index (Phi) is 5.97. The molecule has 1 aliphatic heterocycles. The molecule has 0 aromatic heterocycles. The fourth-order valence-corrected chi connectivity index (χ4v) is 3.71. The number of carbonyl (C=O) groups is 3. The van der Waals surface area contributed by atoms with E-state index in [2.05, 4.69) is 15.4 Å². The molecule has 1 saturated heterocycles. The van der Waals surface area contributed by atoms with Crippen LogP contribution in [0.1, 0.15) is 29.2 Å². The lowest BCUT2D eigenvalue weighted by atomic mass is 9.92. The topological polar surface area (TPSA) is 87.7 Å². The molecule has 4 amide bonds. The van der Waals surface area contributed by atoms with Gasteiger partial charge in [-0.1, -0.05) is 29.8 Å². The van der Waals surface area contributed by atoms with Crippen molar-refractivity contribution in [3.8, 4) is 5.75 Å². The maximum absolute atomic E-state index is 13.0. The zero-order valence-corrected chi connectivity index (χ0v) is 17.6. The first-order valence-corrected chi connectivity index (χ1v) is 9.58. The Hall–Kier alpha value is -3.49. The third kappa shape index (κ3) is 4.50. The number of hydrogen-bond donors (Lipinski definition) is 2. The molecule has 1 atom stereocenters. The highest BCUT2D eigenvalue weighted by Crippen LogP contribution is 2.30. The molecule has 2 aromatic carbocycles. The summed E-state index contributed by atoms with van der Waals surface area (Å²) in [6, 6.07) is 8.53. The number of halogens is 2. The minimum Gasteiger partial charge on any atom is -0.435 e. The molecular weight excluding hydrogens is 408 g/mol. The van der Waals surface area contributed by atoms with Gasteiger partial charge in [0.15, 0.2) is 0 Å². The summed E-state index contributed by atoms with van der Waals surface area (Å²) in [4.78, 5) is 38.8. The number of rotatable bonds is 6. The monoisotopic (exact) mass is 431 g/mol. The van der Waals surface area contributed by atoms with Crippen molar-refractivity contribution in [2.45, 2.75) is 39.8 Å². The van der Waals surface area contributed by atoms with Crippen LogP contribution in [0.5, 0.6) is 5.75 Å². The average molecular weight is 431 g/mol. The van der Waals surface area contributed by atoms with E-state index in [9.17, 15) is 23.2 Å². The summed E-state index contributed by atoms with van der Waals surface area (Å²) < 4.78 is 29.0. The number of alkyl halides is 2. The summed E-state index contributed by atoms with van der Waals surface area (Å²) in [5, 5.41) is 5.34. The van der Waals surface area contributed by atoms with E-state index in [0.717, 1.165) is 21.6 Å². The van der Waals surface area contributed by atoms with Crippen LogP contribution in [0.4, 0.5) is 19.3 Å². The van der Waals surface area contributed by atoms with Gasteiger partial charge in [-0.3, -0.25) is 14.5 Å². The number of benzene rings is 2. The Bertz CT molecular complexity index is 1020. The van der Waals surface area contributed by atoms with Crippen LogP contribution >= 0.6 is 0 Å². The van der Waals surface area contributed by atoms with E-state index in [0.29, 0.717) is 11.3 Å². The quantitative estimate of drug-likeness (QED) is 0.684. The van der Waals surface area contributed by atoms with Crippen LogP contribution in [-0.2, 0) is 15.1 Å². The first-order valence-electron chi connectivity index (χ1n) is 9.58. The molecule has 1 heterocycles. The van der Waals surface area contributed by atoms with Crippen molar-refractivity contribution >= 4 is 23.5 Å². The zero-order valence-electron chi connectivity index (χ0n) is 17.6. The molecule has 0 spiro atoms. The van der Waals surface area contributed by atoms with Crippen LogP contribution in [-0.4, -0.2) is 35.9 Å². The highest BCUT2D eigenvalue weighted by Gasteiger charge is 2.49. The molecule has 7 nitrogen and oxygen atoms in total. The van der Waals surface area contributed by atoms with Crippen molar-refractivity contribution in [1.29, 1.82) is 0 Å². The number of anilines is 1. The molecule has 0 saturated carbocycles. The van der Waals surface area contributed by atoms with Crippen LogP contribution in [0.3, 0.4) is 0 Å². The first kappa shape index (κ1) is 22.2. The van der Waals surface area contributed by atoms with E-state index in [1.165, 1.54) is 31.2 Å². The molecule has 0 aliphatic carbocycles. The summed E-state index contributed by atoms with van der Waals surface area (Å²) in [5.41, 5.74) is 2.39. The highest BCUT2D eigenvalue weighted by molar-refractivity contribution is 6.10. The maximum atomic E-state index is 13.0. The molecular formula is C22H23F2N3O4. The van der Waals surface area contributed by atoms with Gasteiger partial charge in [0.05, 0.1) is 0 Å². The fourth-order valence-electron chi connectivity index (χ4n) is 3.71. The van der Waals surface area contributed by atoms with Crippen LogP contribution < -0.4 is 15.4 Å². The van der Waals surface area contributed by atoms with Gasteiger partial charge < -0.3 is 15.4 Å². The third-order valence-corrected chi connectivity index (χ3v) is 5.17. The van der Waals surface area contributed by atoms with Crippen molar-refractivity contribution in [3.63, 3.8) is 0 Å². The van der Waals surface area contributed by atoms with Crippen LogP contribution in [0.15, 0.2) is 36.4 Å². The Morgan fingerprint density at radius 3 is 2.26 bits per heavy atom. The smallest absolute Gasteiger partial charge is 0.387 e. The summed E-state index contributed by atoms with van der Waals surface area (Å²) in [7, 11) is 0. The van der Waals surface area contributed by atoms with Gasteiger partial charge in [-0.05, 0) is 56.5 Å². The predicted molar refractivity (Wildman–Crippen MR) is 110 cm³/mol. The summed E-state index contributed by atoms with van der Waals surface area (Å²) in [5.74, 6) is -1.20. The van der Waals surface area contributed by atoms with Crippen molar-refractivity contribution in [1.82, 2.24) is 10.2 Å². The number of ether oxygens (including phenoxy) is 1. The molecule has 2 N–H and O–H groups in total. The number of nitrogens with zero attached hydrogens (tertiary/aromatic N) is 1. The molecule has 164 valence electrons. The molecule has 1 fully saturated rings. The average Bonchev–Trinajstić information content (AvgIpc) is 2.89. The van der Waals surface area contributed by atoms with Crippen molar-refractivity contribution < 1.29 is 27.9 Å². The number of carbonyl (C=O) groups excluding carboxylic acids is 3. The number of nitrogens with one attached hydrogen (secondary N) is 2. The number of urea groups is 1. The first-order chi connectivity index (χ1) is 14.5. The lowest BCUT2D eigenvalue weighted by molar-refractivity contribution is -0.133. The second kappa shape index (κ2) is 8.33. The predicted octanol–water partition coefficient (Wildman–Crippen LogP) is 3.62. The highest BCUT2D eigenvalue weighted by atomic mass is 19.3. The van der Waals surface area contributed by atoms with E-state index >= 15 is 0 Å². The molecule has 0 bridgehead atoms. The van der Waals surface area contributed by atoms with Gasteiger partial charge in [-0.25, -0.2) is 4.79 Å². The lowest BCUT2D eigenvalue weighted by Crippen LogP contribution is -2.42. The van der Waals surface area contributed by atoms with E-state index in [1.807, 2.05) is 32.9 Å². The van der Waals surface area contributed by atoms with Crippen LogP contribution in [0, 0.1) is 20.8 Å². The number of imide groups is 1. The van der Waals surface area contributed by atoms with Gasteiger partial charge in [0.25, 0.3) is 5.91 Å². The van der Waals surface area contributed by atoms with E-state index in [1.54, 1.807) is 0 Å². The van der Waals surface area contributed by atoms with Gasteiger partial charge in [-0.15, -0.1) is 0 Å². The Balaban J connectivity index is 1.75. The number of hydrogen-bond acceptors (Lipinski definition) is 4. The number of aryl methyl sites for hydroxylation is 3. The summed E-state index contributed by atoms with van der Waals surface area (Å²) in [6.07, 6.45) is 0. The second-order valence-electron chi connectivity index (χ2n) is 7.67. The number of amides is 4. The minimum atomic E-state index is -2.97. The maximum Gasteiger partial charge on any atom is 0.387 e. The Labute approximate surface area is 178 Å². The Morgan fingerprint density at radius 1 is 1.13 bits per heavy atom. The second-order valence-corrected chi connectivity index (χ2v) is 7.67. The molecule has 1 aliphatic rings. The molecule has 31 heavy (non-hydrogen) atoms. The lowest BCUT2D eigenvalue weighted by Gasteiger charge is -2.22. The molecule has 1 unspecified atom stereocenters. The molecule has 2 aromatic rings. The van der Waals surface area contributed by atoms with E-state index in [-0.39, 0.29) is 5.75 Å². The zero-order chi connectivity index (χ0) is 22.9.